The van der Waals surface area contributed by atoms with E-state index in [-0.39, 0.29) is 5.41 Å². The average molecular weight is 745 g/mol. The second kappa shape index (κ2) is 12.1. The van der Waals surface area contributed by atoms with E-state index in [0.29, 0.717) is 0 Å². The third kappa shape index (κ3) is 4.72. The molecule has 0 heterocycles. The number of rotatable bonds is 6. The van der Waals surface area contributed by atoms with Crippen LogP contribution < -0.4 is 10.9 Å². The van der Waals surface area contributed by atoms with Crippen LogP contribution in [0, 0.1) is 47.3 Å². The monoisotopic (exact) mass is 745 g/mol. The Balaban J connectivity index is 0.960. The van der Waals surface area contributed by atoms with Gasteiger partial charge in [0.15, 0.2) is 13.4 Å². The first kappa shape index (κ1) is 33.8. The Kier molecular flexibility index (Phi) is 7.16. The zero-order chi connectivity index (χ0) is 37.3. The molecular weight excluding hydrogens is 682 g/mol. The molecule has 5 aromatic carbocycles. The van der Waals surface area contributed by atoms with Crippen LogP contribution in [0.3, 0.4) is 0 Å². The zero-order valence-corrected chi connectivity index (χ0v) is 34.8. The molecule has 9 aliphatic rings. The van der Waals surface area contributed by atoms with E-state index in [0.717, 1.165) is 84.0 Å². The summed E-state index contributed by atoms with van der Waals surface area (Å²) in [6.07, 6.45) is 24.1. The Bertz CT molecular complexity index is 2440. The van der Waals surface area contributed by atoms with E-state index in [4.69, 9.17) is 0 Å². The molecular formula is C55H62B2. The Morgan fingerprint density at radius 2 is 0.947 bits per heavy atom. The maximum atomic E-state index is 2.81. The third-order valence-corrected chi connectivity index (χ3v) is 20.5. The highest BCUT2D eigenvalue weighted by molar-refractivity contribution is 6.79. The number of hydrogen-bond donors (Lipinski definition) is 0. The van der Waals surface area contributed by atoms with E-state index in [2.05, 4.69) is 86.6 Å². The van der Waals surface area contributed by atoms with Crippen molar-refractivity contribution in [2.75, 3.05) is 0 Å². The second-order valence-corrected chi connectivity index (χ2v) is 23.1. The molecule has 0 nitrogen and oxygen atoms in total. The van der Waals surface area contributed by atoms with Crippen molar-refractivity contribution >= 4 is 56.7 Å². The van der Waals surface area contributed by atoms with Gasteiger partial charge >= 0.3 is 0 Å². The van der Waals surface area contributed by atoms with E-state index in [1.165, 1.54) is 135 Å². The summed E-state index contributed by atoms with van der Waals surface area (Å²) in [4.78, 5) is 0. The van der Waals surface area contributed by atoms with Gasteiger partial charge in [0.25, 0.3) is 0 Å². The molecule has 14 rings (SSSR count). The fraction of sp³-hybridized carbons (Fsp3) is 0.564. The van der Waals surface area contributed by atoms with Crippen LogP contribution in [-0.4, -0.2) is 13.4 Å². The number of fused-ring (bicyclic) bond motifs is 14. The fourth-order valence-electron chi connectivity index (χ4n) is 18.3. The lowest BCUT2D eigenvalue weighted by Crippen LogP contribution is -2.44. The highest BCUT2D eigenvalue weighted by Crippen LogP contribution is 2.62. The van der Waals surface area contributed by atoms with Gasteiger partial charge in [-0.15, -0.1) is 0 Å². The molecule has 12 unspecified atom stereocenters. The van der Waals surface area contributed by atoms with Crippen LogP contribution in [0.25, 0.3) is 43.4 Å². The van der Waals surface area contributed by atoms with Crippen LogP contribution in [0.15, 0.2) is 72.8 Å². The Hall–Kier alpha value is -2.99. The third-order valence-electron chi connectivity index (χ3n) is 20.5. The van der Waals surface area contributed by atoms with Crippen molar-refractivity contribution in [2.24, 2.45) is 47.3 Å². The van der Waals surface area contributed by atoms with Gasteiger partial charge in [-0.3, -0.25) is 0 Å². The van der Waals surface area contributed by atoms with Crippen molar-refractivity contribution < 1.29 is 0 Å². The minimum Gasteiger partial charge on any atom is -0.0791 e. The van der Waals surface area contributed by atoms with Crippen LogP contribution in [0.2, 0.25) is 23.3 Å². The summed E-state index contributed by atoms with van der Waals surface area (Å²) in [7, 11) is 0. The quantitative estimate of drug-likeness (QED) is 0.120. The summed E-state index contributed by atoms with van der Waals surface area (Å²) in [5, 5.41) is 9.17. The van der Waals surface area contributed by atoms with Gasteiger partial charge in [-0.25, -0.2) is 0 Å². The van der Waals surface area contributed by atoms with Crippen LogP contribution in [0.1, 0.15) is 128 Å². The molecule has 12 atom stereocenters. The summed E-state index contributed by atoms with van der Waals surface area (Å²) in [5.74, 6) is 11.5. The molecule has 9 aliphatic carbocycles. The molecule has 8 fully saturated rings. The molecule has 2 heteroatoms. The maximum Gasteiger partial charge on any atom is 0.183 e. The van der Waals surface area contributed by atoms with Crippen LogP contribution in [0.4, 0.5) is 0 Å². The van der Waals surface area contributed by atoms with Gasteiger partial charge < -0.3 is 0 Å². The second-order valence-electron chi connectivity index (χ2n) is 23.1. The molecule has 0 aliphatic heterocycles. The lowest BCUT2D eigenvalue weighted by atomic mass is 9.26. The molecule has 8 saturated carbocycles. The average Bonchev–Trinajstić information content (AvgIpc) is 4.10. The molecule has 0 spiro atoms. The largest absolute Gasteiger partial charge is 0.183 e. The van der Waals surface area contributed by atoms with Crippen LogP contribution in [0.5, 0.6) is 0 Å². The van der Waals surface area contributed by atoms with E-state index in [1.54, 1.807) is 32.8 Å². The normalized spacial score (nSPS) is 37.4. The minimum absolute atomic E-state index is 0.0339. The number of hydrogen-bond acceptors (Lipinski definition) is 0. The van der Waals surface area contributed by atoms with Crippen molar-refractivity contribution in [1.29, 1.82) is 0 Å². The molecule has 5 aromatic rings. The van der Waals surface area contributed by atoms with E-state index >= 15 is 0 Å². The van der Waals surface area contributed by atoms with Crippen molar-refractivity contribution in [3.8, 4) is 11.1 Å². The lowest BCUT2D eigenvalue weighted by molar-refractivity contribution is 0.441. The van der Waals surface area contributed by atoms with Crippen molar-refractivity contribution in [3.63, 3.8) is 0 Å². The maximum absolute atomic E-state index is 2.81. The predicted octanol–water partition coefficient (Wildman–Crippen LogP) is 13.6. The van der Waals surface area contributed by atoms with E-state index < -0.39 is 0 Å². The lowest BCUT2D eigenvalue weighted by Gasteiger charge is -2.39. The summed E-state index contributed by atoms with van der Waals surface area (Å²) in [6.45, 7) is 6.65. The van der Waals surface area contributed by atoms with E-state index in [9.17, 15) is 0 Å². The highest BCUT2D eigenvalue weighted by atomic mass is 14.5. The van der Waals surface area contributed by atoms with Crippen LogP contribution in [-0.2, 0) is 5.41 Å². The van der Waals surface area contributed by atoms with Gasteiger partial charge in [-0.05, 0) is 134 Å². The predicted molar refractivity (Wildman–Crippen MR) is 244 cm³/mol. The summed E-state index contributed by atoms with van der Waals surface area (Å²) < 4.78 is 0. The number of benzene rings is 5. The molecule has 0 aromatic heterocycles. The molecule has 0 radical (unpaired) electrons. The van der Waals surface area contributed by atoms with Crippen molar-refractivity contribution in [3.05, 3.63) is 83.9 Å². The highest BCUT2D eigenvalue weighted by Gasteiger charge is 2.54. The minimum atomic E-state index is -0.0339. The van der Waals surface area contributed by atoms with Gasteiger partial charge in [-0.2, -0.15) is 0 Å². The summed E-state index contributed by atoms with van der Waals surface area (Å²) in [5.41, 5.74) is 9.60. The fourth-order valence-corrected chi connectivity index (χ4v) is 18.3. The SMILES string of the molecule is CC1(C)c2cc(B(C3CC4CCC3C4)C3CC4CCC3C4)ccc2-c2cc3c4ccccc4c(B(C4CC5CCC4C5)C4CC5CCC4C5)cc3c3cccc1c23. The molecule has 57 heavy (non-hydrogen) atoms. The zero-order valence-electron chi connectivity index (χ0n) is 34.8. The molecule has 0 saturated heterocycles. The molecule has 0 N–H and O–H groups in total. The first-order chi connectivity index (χ1) is 27.9. The topological polar surface area (TPSA) is 0 Å². The van der Waals surface area contributed by atoms with Gasteiger partial charge in [0.2, 0.25) is 0 Å². The van der Waals surface area contributed by atoms with E-state index in [1.807, 2.05) is 0 Å². The first-order valence-electron chi connectivity index (χ1n) is 24.5. The van der Waals surface area contributed by atoms with Gasteiger partial charge in [-0.1, -0.05) is 192 Å². The Labute approximate surface area is 342 Å². The van der Waals surface area contributed by atoms with Gasteiger partial charge in [0.05, 0.1) is 0 Å². The Morgan fingerprint density at radius 1 is 0.421 bits per heavy atom. The summed E-state index contributed by atoms with van der Waals surface area (Å²) >= 11 is 0. The van der Waals surface area contributed by atoms with Gasteiger partial charge in [0, 0.05) is 5.41 Å². The standard InChI is InChI=1S/C55H62B2/c1-55(2)47-9-5-8-43-45-30-53(57(51-26-33-12-16-37(51)22-33)52-27-34-13-17-38(52)23-34)42-7-4-3-6-40(42)44(45)29-46(54(43)47)41-19-18-39(28-48(41)55)56(49-24-31-10-14-35(49)20-31)50-25-32-11-15-36(50)21-32/h3-9,18-19,28-38,49-52H,10-17,20-27H2,1-2H3. The molecule has 8 bridgehead atoms. The smallest absolute Gasteiger partial charge is 0.0791 e. The van der Waals surface area contributed by atoms with Crippen LogP contribution >= 0.6 is 0 Å². The Morgan fingerprint density at radius 3 is 1.49 bits per heavy atom. The summed E-state index contributed by atoms with van der Waals surface area (Å²) in [6, 6.07) is 30.9. The van der Waals surface area contributed by atoms with Crippen molar-refractivity contribution in [2.45, 2.75) is 145 Å². The first-order valence-corrected chi connectivity index (χ1v) is 24.5. The van der Waals surface area contributed by atoms with Gasteiger partial charge in [0.1, 0.15) is 0 Å². The molecule has 0 amide bonds. The molecule has 288 valence electrons. The van der Waals surface area contributed by atoms with Crippen molar-refractivity contribution in [1.82, 2.24) is 0 Å².